The van der Waals surface area contributed by atoms with E-state index in [1.54, 1.807) is 18.2 Å². The Morgan fingerprint density at radius 3 is 2.96 bits per heavy atom. The number of nitrogens with zero attached hydrogens (tertiary/aromatic N) is 5. The number of nitro groups is 1. The minimum Gasteiger partial charge on any atom is -0.502 e. The number of phenolic OH excluding ortho intramolecular Hbond substituents is 1. The molecule has 0 bridgehead atoms. The Balaban J connectivity index is 1.71. The van der Waals surface area contributed by atoms with Gasteiger partial charge in [-0.05, 0) is 18.2 Å². The maximum atomic E-state index is 12.0. The van der Waals surface area contributed by atoms with Gasteiger partial charge in [-0.3, -0.25) is 14.9 Å². The normalized spacial score (nSPS) is 11.1. The van der Waals surface area contributed by atoms with Crippen LogP contribution in [0.3, 0.4) is 0 Å². The molecule has 0 aliphatic heterocycles. The van der Waals surface area contributed by atoms with Gasteiger partial charge < -0.3 is 5.11 Å². The van der Waals surface area contributed by atoms with Crippen molar-refractivity contribution in [2.75, 3.05) is 0 Å². The fraction of sp³-hybridized carbons (Fsp3) is 0.0667. The zero-order valence-electron chi connectivity index (χ0n) is 13.0. The summed E-state index contributed by atoms with van der Waals surface area (Å²) in [6.07, 6.45) is 1.06. The molecule has 10 nitrogen and oxygen atoms in total. The van der Waals surface area contributed by atoms with Crippen molar-refractivity contribution in [1.82, 2.24) is 20.4 Å². The largest absolute Gasteiger partial charge is 0.502 e. The first-order valence-corrected chi connectivity index (χ1v) is 7.60. The number of aromatic nitrogens is 3. The number of carbonyl (C=O) groups is 1. The average Bonchev–Trinajstić information content (AvgIpc) is 3.00. The molecule has 26 heavy (non-hydrogen) atoms. The van der Waals surface area contributed by atoms with Crippen LogP contribution in [0.25, 0.3) is 11.0 Å². The van der Waals surface area contributed by atoms with E-state index < -0.39 is 22.3 Å². The molecular formula is C15H11ClN6O4. The summed E-state index contributed by atoms with van der Waals surface area (Å²) in [6, 6.07) is 9.45. The Morgan fingerprint density at radius 1 is 1.42 bits per heavy atom. The predicted molar refractivity (Wildman–Crippen MR) is 93.0 cm³/mol. The summed E-state index contributed by atoms with van der Waals surface area (Å²) in [6.45, 7) is -0.125. The number of nitrogens with one attached hydrogen (secondary N) is 1. The maximum Gasteiger partial charge on any atom is 0.312 e. The monoisotopic (exact) mass is 374 g/mol. The molecule has 2 N–H and O–H groups in total. The molecule has 1 heterocycles. The van der Waals surface area contributed by atoms with Crippen molar-refractivity contribution < 1.29 is 14.8 Å². The molecule has 0 spiro atoms. The Hall–Kier alpha value is -3.53. The molecule has 0 saturated carbocycles. The highest BCUT2D eigenvalue weighted by molar-refractivity contribution is 6.31. The van der Waals surface area contributed by atoms with Gasteiger partial charge in [-0.15, -0.1) is 5.10 Å². The first-order valence-electron chi connectivity index (χ1n) is 7.22. The minimum atomic E-state index is -0.771. The lowest BCUT2D eigenvalue weighted by Gasteiger charge is -2.03. The Labute approximate surface area is 150 Å². The number of aromatic hydroxyl groups is 1. The molecule has 3 rings (SSSR count). The van der Waals surface area contributed by atoms with E-state index in [2.05, 4.69) is 20.8 Å². The van der Waals surface area contributed by atoms with Crippen LogP contribution in [0.15, 0.2) is 41.5 Å². The highest BCUT2D eigenvalue weighted by Gasteiger charge is 2.17. The predicted octanol–water partition coefficient (Wildman–Crippen LogP) is 1.85. The van der Waals surface area contributed by atoms with E-state index in [1.165, 1.54) is 10.7 Å². The molecule has 2 aromatic carbocycles. The molecule has 11 heteroatoms. The molecule has 0 aliphatic carbocycles. The zero-order chi connectivity index (χ0) is 18.7. The van der Waals surface area contributed by atoms with Gasteiger partial charge in [0.15, 0.2) is 0 Å². The molecule has 0 aliphatic rings. The van der Waals surface area contributed by atoms with E-state index in [0.717, 1.165) is 12.3 Å². The number of carbonyl (C=O) groups excluding carboxylic acids is 1. The van der Waals surface area contributed by atoms with Crippen molar-refractivity contribution >= 4 is 40.4 Å². The number of benzene rings is 2. The smallest absolute Gasteiger partial charge is 0.312 e. The van der Waals surface area contributed by atoms with Crippen molar-refractivity contribution in [2.24, 2.45) is 5.10 Å². The molecule has 0 saturated heterocycles. The minimum absolute atomic E-state index is 0.00398. The highest BCUT2D eigenvalue weighted by Crippen LogP contribution is 2.32. The Morgan fingerprint density at radius 2 is 2.19 bits per heavy atom. The van der Waals surface area contributed by atoms with Crippen molar-refractivity contribution in [2.45, 2.75) is 6.54 Å². The zero-order valence-corrected chi connectivity index (χ0v) is 13.8. The molecule has 0 fully saturated rings. The van der Waals surface area contributed by atoms with Crippen molar-refractivity contribution in [3.8, 4) is 5.75 Å². The standard InChI is InChI=1S/C15H11ClN6O4/c16-10-5-9(15(24)13(6-10)22(25)26)7-17-19-14(23)8-21-12-4-2-1-3-11(12)18-20-21/h1-7,24H,8H2,(H,19,23)/b17-7+. The first-order chi connectivity index (χ1) is 12.5. The summed E-state index contributed by atoms with van der Waals surface area (Å²) in [4.78, 5) is 22.0. The van der Waals surface area contributed by atoms with Crippen LogP contribution in [-0.2, 0) is 11.3 Å². The number of nitro benzene ring substituents is 1. The van der Waals surface area contributed by atoms with Crippen LogP contribution in [0.4, 0.5) is 5.69 Å². The van der Waals surface area contributed by atoms with E-state index in [-0.39, 0.29) is 17.1 Å². The molecule has 0 radical (unpaired) electrons. The van der Waals surface area contributed by atoms with E-state index >= 15 is 0 Å². The lowest BCUT2D eigenvalue weighted by atomic mass is 10.2. The number of para-hydroxylation sites is 1. The summed E-state index contributed by atoms with van der Waals surface area (Å²) < 4.78 is 1.40. The van der Waals surface area contributed by atoms with Gasteiger partial charge in [0.1, 0.15) is 12.1 Å². The van der Waals surface area contributed by atoms with Crippen molar-refractivity contribution in [1.29, 1.82) is 0 Å². The summed E-state index contributed by atoms with van der Waals surface area (Å²) in [5.74, 6) is -1.09. The van der Waals surface area contributed by atoms with Gasteiger partial charge in [-0.2, -0.15) is 5.10 Å². The number of halogens is 1. The molecular weight excluding hydrogens is 364 g/mol. The summed E-state index contributed by atoms with van der Waals surface area (Å²) in [5, 5.41) is 32.2. The van der Waals surface area contributed by atoms with Crippen LogP contribution in [0, 0.1) is 10.1 Å². The Bertz CT molecular complexity index is 1030. The number of hydrogen-bond acceptors (Lipinski definition) is 7. The summed E-state index contributed by atoms with van der Waals surface area (Å²) >= 11 is 5.77. The molecule has 1 amide bonds. The fourth-order valence-electron chi connectivity index (χ4n) is 2.22. The van der Waals surface area contributed by atoms with Gasteiger partial charge in [0.05, 0.1) is 16.7 Å². The molecule has 3 aromatic rings. The summed E-state index contributed by atoms with van der Waals surface area (Å²) in [7, 11) is 0. The maximum absolute atomic E-state index is 12.0. The van der Waals surface area contributed by atoms with E-state index in [1.807, 2.05) is 6.07 Å². The third kappa shape index (κ3) is 3.59. The number of hydrogen-bond donors (Lipinski definition) is 2. The highest BCUT2D eigenvalue weighted by atomic mass is 35.5. The van der Waals surface area contributed by atoms with Crippen LogP contribution >= 0.6 is 11.6 Å². The fourth-order valence-corrected chi connectivity index (χ4v) is 2.44. The first kappa shape index (κ1) is 17.3. The van der Waals surface area contributed by atoms with Crippen molar-refractivity contribution in [3.63, 3.8) is 0 Å². The topological polar surface area (TPSA) is 136 Å². The third-order valence-electron chi connectivity index (χ3n) is 3.39. The van der Waals surface area contributed by atoms with Crippen LogP contribution < -0.4 is 5.43 Å². The molecule has 0 unspecified atom stereocenters. The quantitative estimate of drug-likeness (QED) is 0.397. The van der Waals surface area contributed by atoms with Gasteiger partial charge in [0.2, 0.25) is 5.75 Å². The van der Waals surface area contributed by atoms with Crippen LogP contribution in [0.5, 0.6) is 5.75 Å². The molecule has 0 atom stereocenters. The van der Waals surface area contributed by atoms with Crippen LogP contribution in [-0.4, -0.2) is 37.1 Å². The number of rotatable bonds is 5. The lowest BCUT2D eigenvalue weighted by molar-refractivity contribution is -0.385. The molecule has 1 aromatic heterocycles. The van der Waals surface area contributed by atoms with Gasteiger partial charge in [-0.25, -0.2) is 10.1 Å². The lowest BCUT2D eigenvalue weighted by Crippen LogP contribution is -2.23. The van der Waals surface area contributed by atoms with Crippen molar-refractivity contribution in [3.05, 3.63) is 57.1 Å². The molecule has 132 valence electrons. The van der Waals surface area contributed by atoms with Gasteiger partial charge in [0.25, 0.3) is 5.91 Å². The SMILES string of the molecule is O=C(Cn1nnc2ccccc21)N/N=C/c1cc(Cl)cc([N+](=O)[O-])c1O. The van der Waals surface area contributed by atoms with Gasteiger partial charge in [0, 0.05) is 16.7 Å². The number of fused-ring (bicyclic) bond motifs is 1. The van der Waals surface area contributed by atoms with Gasteiger partial charge in [-0.1, -0.05) is 28.9 Å². The van der Waals surface area contributed by atoms with E-state index in [0.29, 0.717) is 11.0 Å². The van der Waals surface area contributed by atoms with Crippen LogP contribution in [0.1, 0.15) is 5.56 Å². The number of amides is 1. The Kier molecular flexibility index (Phi) is 4.76. The summed E-state index contributed by atoms with van der Waals surface area (Å²) in [5.41, 5.74) is 3.03. The van der Waals surface area contributed by atoms with E-state index in [4.69, 9.17) is 11.6 Å². The second-order valence-electron chi connectivity index (χ2n) is 5.15. The number of hydrazone groups is 1. The second-order valence-corrected chi connectivity index (χ2v) is 5.59. The number of phenols is 1. The van der Waals surface area contributed by atoms with Crippen LogP contribution in [0.2, 0.25) is 5.02 Å². The van der Waals surface area contributed by atoms with Gasteiger partial charge >= 0.3 is 5.69 Å². The van der Waals surface area contributed by atoms with E-state index in [9.17, 15) is 20.0 Å². The average molecular weight is 375 g/mol. The second kappa shape index (κ2) is 7.15. The third-order valence-corrected chi connectivity index (χ3v) is 3.61.